The summed E-state index contributed by atoms with van der Waals surface area (Å²) in [6.45, 7) is 1.49. The van der Waals surface area contributed by atoms with Gasteiger partial charge in [0.1, 0.15) is 11.6 Å². The molecular formula is C27H27FN4O. The topological polar surface area (TPSA) is 70.1 Å². The van der Waals surface area contributed by atoms with Crippen LogP contribution in [0.5, 0.6) is 0 Å². The van der Waals surface area contributed by atoms with Gasteiger partial charge in [-0.05, 0) is 42.3 Å². The van der Waals surface area contributed by atoms with Gasteiger partial charge >= 0.3 is 0 Å². The van der Waals surface area contributed by atoms with Crippen LogP contribution in [-0.4, -0.2) is 28.2 Å². The van der Waals surface area contributed by atoms with Gasteiger partial charge in [-0.3, -0.25) is 4.98 Å². The molecule has 0 aliphatic carbocycles. The highest BCUT2D eigenvalue weighted by Gasteiger charge is 2.15. The van der Waals surface area contributed by atoms with Gasteiger partial charge in [0.2, 0.25) is 0 Å². The molecule has 168 valence electrons. The average molecular weight is 443 g/mol. The number of rotatable bonds is 10. The van der Waals surface area contributed by atoms with Gasteiger partial charge in [-0.2, -0.15) is 0 Å². The zero-order valence-corrected chi connectivity index (χ0v) is 18.3. The van der Waals surface area contributed by atoms with Crippen molar-refractivity contribution in [3.8, 4) is 11.3 Å². The Labute approximate surface area is 193 Å². The molecule has 5 nitrogen and oxygen atoms in total. The lowest BCUT2D eigenvalue weighted by molar-refractivity contribution is 0.174. The fourth-order valence-corrected chi connectivity index (χ4v) is 3.62. The molecule has 0 saturated heterocycles. The first-order chi connectivity index (χ1) is 16.2. The molecule has 33 heavy (non-hydrogen) atoms. The third-order valence-corrected chi connectivity index (χ3v) is 5.32. The van der Waals surface area contributed by atoms with Crippen LogP contribution in [0.4, 0.5) is 10.2 Å². The summed E-state index contributed by atoms with van der Waals surface area (Å²) in [7, 11) is 0. The van der Waals surface area contributed by atoms with Crippen molar-refractivity contribution in [1.29, 1.82) is 0 Å². The normalized spacial score (nSPS) is 11.8. The first-order valence-corrected chi connectivity index (χ1v) is 11.0. The number of aromatic nitrogens is 2. The highest BCUT2D eigenvalue weighted by atomic mass is 19.1. The van der Waals surface area contributed by atoms with Gasteiger partial charge in [-0.15, -0.1) is 0 Å². The van der Waals surface area contributed by atoms with E-state index in [1.165, 1.54) is 12.1 Å². The van der Waals surface area contributed by atoms with Crippen LogP contribution >= 0.6 is 0 Å². The summed E-state index contributed by atoms with van der Waals surface area (Å²) >= 11 is 0. The van der Waals surface area contributed by atoms with E-state index in [1.54, 1.807) is 12.3 Å². The van der Waals surface area contributed by atoms with Gasteiger partial charge in [0.05, 0.1) is 17.5 Å². The van der Waals surface area contributed by atoms with E-state index in [0.717, 1.165) is 22.5 Å². The van der Waals surface area contributed by atoms with Crippen LogP contribution in [0.25, 0.3) is 11.3 Å². The van der Waals surface area contributed by atoms with E-state index in [1.807, 2.05) is 66.7 Å². The van der Waals surface area contributed by atoms with Crippen molar-refractivity contribution in [1.82, 2.24) is 15.3 Å². The SMILES string of the molecule is OC(CNCc1ccccn1)c1ccc(-c2ccccc2)nc1NCCc1cccc(F)c1. The van der Waals surface area contributed by atoms with Crippen molar-refractivity contribution in [2.75, 3.05) is 18.4 Å². The molecule has 4 aromatic rings. The molecular weight excluding hydrogens is 415 g/mol. The standard InChI is InChI=1S/C27H27FN4O/c28-22-10-6-7-20(17-22)14-16-31-27-24(12-13-25(32-27)21-8-2-1-3-9-21)26(33)19-29-18-23-11-4-5-15-30-23/h1-13,15,17,26,29,33H,14,16,18-19H2,(H,31,32). The quantitative estimate of drug-likeness (QED) is 0.330. The van der Waals surface area contributed by atoms with Crippen LogP contribution in [0.3, 0.4) is 0 Å². The minimum Gasteiger partial charge on any atom is -0.387 e. The fraction of sp³-hybridized carbons (Fsp3) is 0.185. The molecule has 2 aromatic heterocycles. The van der Waals surface area contributed by atoms with Crippen LogP contribution in [0.15, 0.2) is 91.1 Å². The van der Waals surface area contributed by atoms with E-state index in [-0.39, 0.29) is 5.82 Å². The third kappa shape index (κ3) is 6.44. The Morgan fingerprint density at radius 1 is 0.909 bits per heavy atom. The van der Waals surface area contributed by atoms with Crippen molar-refractivity contribution >= 4 is 5.82 Å². The van der Waals surface area contributed by atoms with E-state index < -0.39 is 6.10 Å². The first-order valence-electron chi connectivity index (χ1n) is 11.0. The Morgan fingerprint density at radius 2 is 1.76 bits per heavy atom. The molecule has 0 bridgehead atoms. The van der Waals surface area contributed by atoms with Gasteiger partial charge in [0, 0.05) is 37.0 Å². The number of nitrogens with one attached hydrogen (secondary N) is 2. The van der Waals surface area contributed by atoms with Gasteiger partial charge in [0.25, 0.3) is 0 Å². The van der Waals surface area contributed by atoms with Crippen LogP contribution < -0.4 is 10.6 Å². The highest BCUT2D eigenvalue weighted by molar-refractivity contribution is 5.63. The van der Waals surface area contributed by atoms with Gasteiger partial charge in [-0.1, -0.05) is 54.6 Å². The molecule has 2 aromatic carbocycles. The maximum atomic E-state index is 13.5. The van der Waals surface area contributed by atoms with Crippen LogP contribution in [0.1, 0.15) is 22.9 Å². The zero-order chi connectivity index (χ0) is 22.9. The Morgan fingerprint density at radius 3 is 2.55 bits per heavy atom. The molecule has 0 fully saturated rings. The molecule has 3 N–H and O–H groups in total. The molecule has 0 aliphatic heterocycles. The number of anilines is 1. The van der Waals surface area contributed by atoms with Crippen molar-refractivity contribution in [2.24, 2.45) is 0 Å². The summed E-state index contributed by atoms with van der Waals surface area (Å²) in [6, 6.07) is 26.1. The Balaban J connectivity index is 1.47. The number of hydrogen-bond acceptors (Lipinski definition) is 5. The zero-order valence-electron chi connectivity index (χ0n) is 18.3. The molecule has 0 saturated carbocycles. The summed E-state index contributed by atoms with van der Waals surface area (Å²) in [5.74, 6) is 0.381. The summed E-state index contributed by atoms with van der Waals surface area (Å²) in [4.78, 5) is 9.08. The average Bonchev–Trinajstić information content (AvgIpc) is 2.85. The lowest BCUT2D eigenvalue weighted by Gasteiger charge is -2.18. The lowest BCUT2D eigenvalue weighted by atomic mass is 10.1. The number of halogens is 1. The van der Waals surface area contributed by atoms with E-state index in [0.29, 0.717) is 37.4 Å². The lowest BCUT2D eigenvalue weighted by Crippen LogP contribution is -2.23. The molecule has 6 heteroatoms. The molecule has 4 rings (SSSR count). The van der Waals surface area contributed by atoms with Crippen LogP contribution in [-0.2, 0) is 13.0 Å². The van der Waals surface area contributed by atoms with Gasteiger partial charge in [-0.25, -0.2) is 9.37 Å². The molecule has 1 unspecified atom stereocenters. The molecule has 0 aliphatic rings. The fourth-order valence-electron chi connectivity index (χ4n) is 3.62. The summed E-state index contributed by atoms with van der Waals surface area (Å²) in [6.07, 6.45) is 1.64. The number of aliphatic hydroxyl groups excluding tert-OH is 1. The highest BCUT2D eigenvalue weighted by Crippen LogP contribution is 2.26. The van der Waals surface area contributed by atoms with Crippen molar-refractivity contribution < 1.29 is 9.50 Å². The summed E-state index contributed by atoms with van der Waals surface area (Å²) < 4.78 is 13.5. The number of hydrogen-bond donors (Lipinski definition) is 3. The van der Waals surface area contributed by atoms with Crippen molar-refractivity contribution in [2.45, 2.75) is 19.1 Å². The van der Waals surface area contributed by atoms with Crippen LogP contribution in [0.2, 0.25) is 0 Å². The van der Waals surface area contributed by atoms with Crippen molar-refractivity contribution in [3.05, 3.63) is 114 Å². The van der Waals surface area contributed by atoms with E-state index in [9.17, 15) is 9.50 Å². The van der Waals surface area contributed by atoms with Gasteiger partial charge < -0.3 is 15.7 Å². The number of benzene rings is 2. The minimum absolute atomic E-state index is 0.244. The predicted molar refractivity (Wildman–Crippen MR) is 129 cm³/mol. The van der Waals surface area contributed by atoms with Gasteiger partial charge in [0.15, 0.2) is 0 Å². The second kappa shape index (κ2) is 11.3. The number of aliphatic hydroxyl groups is 1. The molecule has 2 heterocycles. The smallest absolute Gasteiger partial charge is 0.132 e. The van der Waals surface area contributed by atoms with E-state index >= 15 is 0 Å². The third-order valence-electron chi connectivity index (χ3n) is 5.32. The predicted octanol–water partition coefficient (Wildman–Crippen LogP) is 4.76. The second-order valence-electron chi connectivity index (χ2n) is 7.77. The number of pyridine rings is 2. The first kappa shape index (κ1) is 22.6. The maximum absolute atomic E-state index is 13.5. The monoisotopic (exact) mass is 442 g/mol. The minimum atomic E-state index is -0.747. The molecule has 0 spiro atoms. The summed E-state index contributed by atoms with van der Waals surface area (Å²) in [5, 5.41) is 17.5. The Hall–Kier alpha value is -3.61. The maximum Gasteiger partial charge on any atom is 0.132 e. The van der Waals surface area contributed by atoms with Crippen LogP contribution in [0, 0.1) is 5.82 Å². The molecule has 1 atom stereocenters. The molecule has 0 radical (unpaired) electrons. The van der Waals surface area contributed by atoms with E-state index in [2.05, 4.69) is 15.6 Å². The van der Waals surface area contributed by atoms with Crippen molar-refractivity contribution in [3.63, 3.8) is 0 Å². The Kier molecular flexibility index (Phi) is 7.74. The summed E-state index contributed by atoms with van der Waals surface area (Å²) in [5.41, 5.74) is 4.35. The second-order valence-corrected chi connectivity index (χ2v) is 7.77. The van der Waals surface area contributed by atoms with E-state index in [4.69, 9.17) is 4.98 Å². The Bertz CT molecular complexity index is 1160. The largest absolute Gasteiger partial charge is 0.387 e. The molecule has 0 amide bonds. The number of nitrogens with zero attached hydrogens (tertiary/aromatic N) is 2.